The van der Waals surface area contributed by atoms with E-state index in [0.29, 0.717) is 11.1 Å². The van der Waals surface area contributed by atoms with Crippen LogP contribution in [0.5, 0.6) is 5.75 Å². The summed E-state index contributed by atoms with van der Waals surface area (Å²) in [6.07, 6.45) is 0.854. The maximum atomic E-state index is 13.8. The third kappa shape index (κ3) is 7.37. The summed E-state index contributed by atoms with van der Waals surface area (Å²) in [7, 11) is 0. The van der Waals surface area contributed by atoms with Crippen LogP contribution in [-0.4, -0.2) is 35.3 Å². The molecule has 196 valence electrons. The molecule has 1 amide bonds. The Morgan fingerprint density at radius 1 is 1.00 bits per heavy atom. The van der Waals surface area contributed by atoms with Gasteiger partial charge in [-0.1, -0.05) is 30.3 Å². The van der Waals surface area contributed by atoms with E-state index in [-0.39, 0.29) is 30.0 Å². The van der Waals surface area contributed by atoms with Gasteiger partial charge in [0.25, 0.3) is 5.91 Å². The molecule has 0 aromatic heterocycles. The summed E-state index contributed by atoms with van der Waals surface area (Å²) in [6.45, 7) is 6.17. The van der Waals surface area contributed by atoms with Gasteiger partial charge in [-0.15, -0.1) is 0 Å². The van der Waals surface area contributed by atoms with Crippen molar-refractivity contribution < 1.29 is 23.4 Å². The maximum Gasteiger partial charge on any atom is 0.251 e. The van der Waals surface area contributed by atoms with E-state index in [4.69, 9.17) is 4.74 Å². The number of aliphatic hydroxyl groups is 1. The molecular weight excluding hydrogens is 474 g/mol. The molecule has 1 fully saturated rings. The highest BCUT2D eigenvalue weighted by Gasteiger charge is 2.44. The van der Waals surface area contributed by atoms with E-state index < -0.39 is 23.8 Å². The van der Waals surface area contributed by atoms with Crippen LogP contribution < -0.4 is 15.4 Å². The smallest absolute Gasteiger partial charge is 0.251 e. The molecule has 4 rings (SSSR count). The molecule has 3 aromatic carbocycles. The van der Waals surface area contributed by atoms with Crippen LogP contribution in [0.1, 0.15) is 55.1 Å². The average molecular weight is 509 g/mol. The maximum absolute atomic E-state index is 13.8. The van der Waals surface area contributed by atoms with Crippen molar-refractivity contribution in [3.05, 3.63) is 101 Å². The number of hydrogen-bond donors (Lipinski definition) is 3. The molecule has 37 heavy (non-hydrogen) atoms. The van der Waals surface area contributed by atoms with Crippen LogP contribution in [0.15, 0.2) is 72.8 Å². The highest BCUT2D eigenvalue weighted by Crippen LogP contribution is 2.46. The molecule has 0 bridgehead atoms. The normalized spacial score (nSPS) is 16.1. The highest BCUT2D eigenvalue weighted by molar-refractivity contribution is 5.94. The van der Waals surface area contributed by atoms with E-state index in [9.17, 15) is 18.7 Å². The SMILES string of the molecule is CC(C)(C)Oc1cccc(C2(NC[C@@H](O)[C@H](Cc3cc(F)cc(F)c3)NC(=O)c3ccccc3)CC2)c1. The number of nitrogens with one attached hydrogen (secondary N) is 2. The van der Waals surface area contributed by atoms with Crippen molar-refractivity contribution in [1.82, 2.24) is 10.6 Å². The summed E-state index contributed by atoms with van der Waals surface area (Å²) in [4.78, 5) is 12.9. The van der Waals surface area contributed by atoms with Crippen LogP contribution in [0.2, 0.25) is 0 Å². The predicted molar refractivity (Wildman–Crippen MR) is 140 cm³/mol. The number of rotatable bonds is 10. The summed E-state index contributed by atoms with van der Waals surface area (Å²) in [5, 5.41) is 17.5. The molecule has 7 heteroatoms. The Hall–Kier alpha value is -3.29. The molecule has 1 saturated carbocycles. The summed E-state index contributed by atoms with van der Waals surface area (Å²) in [5.41, 5.74) is 1.24. The fraction of sp³-hybridized carbons (Fsp3) is 0.367. The first-order chi connectivity index (χ1) is 17.5. The molecular formula is C30H34F2N2O3. The molecule has 5 nitrogen and oxygen atoms in total. The molecule has 3 aromatic rings. The quantitative estimate of drug-likeness (QED) is 0.355. The third-order valence-corrected chi connectivity index (χ3v) is 6.41. The van der Waals surface area contributed by atoms with Crippen molar-refractivity contribution in [3.8, 4) is 5.75 Å². The number of carbonyl (C=O) groups is 1. The molecule has 0 radical (unpaired) electrons. The van der Waals surface area contributed by atoms with Crippen molar-refractivity contribution in [2.75, 3.05) is 6.54 Å². The van der Waals surface area contributed by atoms with E-state index in [1.54, 1.807) is 30.3 Å². The van der Waals surface area contributed by atoms with Crippen molar-refractivity contribution >= 4 is 5.91 Å². The minimum atomic E-state index is -1.01. The second-order valence-corrected chi connectivity index (χ2v) is 10.7. The Bertz CT molecular complexity index is 1200. The number of benzene rings is 3. The van der Waals surface area contributed by atoms with Gasteiger partial charge in [0, 0.05) is 23.7 Å². The van der Waals surface area contributed by atoms with Crippen LogP contribution in [0.4, 0.5) is 8.78 Å². The van der Waals surface area contributed by atoms with Gasteiger partial charge in [0.1, 0.15) is 23.0 Å². The van der Waals surface area contributed by atoms with Gasteiger partial charge in [-0.05, 0) is 87.6 Å². The monoisotopic (exact) mass is 508 g/mol. The van der Waals surface area contributed by atoms with Crippen LogP contribution in [-0.2, 0) is 12.0 Å². The molecule has 0 saturated heterocycles. The fourth-order valence-corrected chi connectivity index (χ4v) is 4.45. The summed E-state index contributed by atoms with van der Waals surface area (Å²) >= 11 is 0. The fourth-order valence-electron chi connectivity index (χ4n) is 4.45. The zero-order chi connectivity index (χ0) is 26.6. The summed E-state index contributed by atoms with van der Waals surface area (Å²) in [6, 6.07) is 19.0. The molecule has 2 atom stereocenters. The van der Waals surface area contributed by atoms with E-state index >= 15 is 0 Å². The lowest BCUT2D eigenvalue weighted by Crippen LogP contribution is -2.50. The van der Waals surface area contributed by atoms with Gasteiger partial charge in [-0.2, -0.15) is 0 Å². The number of aliphatic hydroxyl groups excluding tert-OH is 1. The van der Waals surface area contributed by atoms with Gasteiger partial charge in [-0.3, -0.25) is 4.79 Å². The Labute approximate surface area is 216 Å². The lowest BCUT2D eigenvalue weighted by atomic mass is 9.99. The molecule has 1 aliphatic rings. The number of hydrogen-bond acceptors (Lipinski definition) is 4. The molecule has 3 N–H and O–H groups in total. The Morgan fingerprint density at radius 3 is 2.30 bits per heavy atom. The Kier molecular flexibility index (Phi) is 7.95. The standard InChI is InChI=1S/C30H34F2N2O3/c1-29(2,3)37-25-11-7-10-22(17-25)30(12-13-30)33-19-27(35)26(16-20-14-23(31)18-24(32)15-20)34-28(36)21-8-5-4-6-9-21/h4-11,14-15,17-18,26-27,33,35H,12-13,16,19H2,1-3H3,(H,34,36)/t26-,27+/m0/s1. The Morgan fingerprint density at radius 2 is 1.68 bits per heavy atom. The molecule has 0 aliphatic heterocycles. The predicted octanol–water partition coefficient (Wildman–Crippen LogP) is 5.12. The first-order valence-corrected chi connectivity index (χ1v) is 12.6. The second-order valence-electron chi connectivity index (χ2n) is 10.7. The molecule has 1 aliphatic carbocycles. The van der Waals surface area contributed by atoms with Crippen LogP contribution >= 0.6 is 0 Å². The minimum absolute atomic E-state index is 0.0675. The van der Waals surface area contributed by atoms with E-state index in [2.05, 4.69) is 10.6 Å². The van der Waals surface area contributed by atoms with Gasteiger partial charge < -0.3 is 20.5 Å². The summed E-state index contributed by atoms with van der Waals surface area (Å²) < 4.78 is 33.7. The minimum Gasteiger partial charge on any atom is -0.488 e. The van der Waals surface area contributed by atoms with Crippen molar-refractivity contribution in [1.29, 1.82) is 0 Å². The lowest BCUT2D eigenvalue weighted by Gasteiger charge is -2.28. The van der Waals surface area contributed by atoms with Crippen molar-refractivity contribution in [3.63, 3.8) is 0 Å². The average Bonchev–Trinajstić information content (AvgIpc) is 3.62. The Balaban J connectivity index is 1.48. The van der Waals surface area contributed by atoms with Gasteiger partial charge in [0.15, 0.2) is 0 Å². The topological polar surface area (TPSA) is 70.6 Å². The largest absolute Gasteiger partial charge is 0.488 e. The first-order valence-electron chi connectivity index (χ1n) is 12.6. The van der Waals surface area contributed by atoms with Crippen LogP contribution in [0.25, 0.3) is 0 Å². The zero-order valence-electron chi connectivity index (χ0n) is 21.4. The van der Waals surface area contributed by atoms with Gasteiger partial charge in [0.2, 0.25) is 0 Å². The first kappa shape index (κ1) is 26.8. The number of halogens is 2. The second kappa shape index (κ2) is 11.0. The van der Waals surface area contributed by atoms with Crippen LogP contribution in [0.3, 0.4) is 0 Å². The third-order valence-electron chi connectivity index (χ3n) is 6.41. The van der Waals surface area contributed by atoms with Gasteiger partial charge in [-0.25, -0.2) is 8.78 Å². The van der Waals surface area contributed by atoms with E-state index in [1.807, 2.05) is 45.0 Å². The van der Waals surface area contributed by atoms with Crippen LogP contribution in [0, 0.1) is 11.6 Å². The highest BCUT2D eigenvalue weighted by atomic mass is 19.1. The number of ether oxygens (including phenoxy) is 1. The van der Waals surface area contributed by atoms with E-state index in [0.717, 1.165) is 30.2 Å². The number of amides is 1. The van der Waals surface area contributed by atoms with Gasteiger partial charge >= 0.3 is 0 Å². The molecule has 0 spiro atoms. The summed E-state index contributed by atoms with van der Waals surface area (Å²) in [5.74, 6) is -0.996. The molecule has 0 unspecified atom stereocenters. The van der Waals surface area contributed by atoms with Crippen molar-refractivity contribution in [2.24, 2.45) is 0 Å². The van der Waals surface area contributed by atoms with E-state index in [1.165, 1.54) is 12.1 Å². The number of carbonyl (C=O) groups excluding carboxylic acids is 1. The van der Waals surface area contributed by atoms with Crippen molar-refractivity contribution in [2.45, 2.75) is 63.3 Å². The van der Waals surface area contributed by atoms with Gasteiger partial charge in [0.05, 0.1) is 12.1 Å². The lowest BCUT2D eigenvalue weighted by molar-refractivity contribution is 0.0821. The zero-order valence-corrected chi connectivity index (χ0v) is 21.4. The molecule has 0 heterocycles.